The molecular weight excluding hydrogens is 262 g/mol. The van der Waals surface area contributed by atoms with Crippen molar-refractivity contribution >= 4 is 11.9 Å². The molecule has 0 aliphatic carbocycles. The quantitative estimate of drug-likeness (QED) is 0.443. The summed E-state index contributed by atoms with van der Waals surface area (Å²) in [7, 11) is 7.47. The number of carbonyl (C=O) groups excluding carboxylic acids is 2. The summed E-state index contributed by atoms with van der Waals surface area (Å²) >= 11 is 0. The van der Waals surface area contributed by atoms with Gasteiger partial charge < -0.3 is 18.7 Å². The molecule has 0 unspecified atom stereocenters. The first kappa shape index (κ1) is 18.9. The van der Waals surface area contributed by atoms with Crippen LogP contribution in [0.15, 0.2) is 0 Å². The van der Waals surface area contributed by atoms with Crippen molar-refractivity contribution in [1.29, 1.82) is 0 Å². The van der Waals surface area contributed by atoms with Crippen LogP contribution in [0.2, 0.25) is 0 Å². The third-order valence-electron chi connectivity index (χ3n) is 2.42. The zero-order chi connectivity index (χ0) is 15.6. The smallest absolute Gasteiger partial charge is 0.309 e. The van der Waals surface area contributed by atoms with Crippen LogP contribution in [-0.2, 0) is 23.8 Å². The summed E-state index contributed by atoms with van der Waals surface area (Å²) in [6, 6.07) is 0. The molecule has 0 rings (SSSR count). The number of methoxy groups -OCH3 is 1. The van der Waals surface area contributed by atoms with Crippen molar-refractivity contribution in [1.82, 2.24) is 0 Å². The number of hydrogen-bond acceptors (Lipinski definition) is 5. The second kappa shape index (κ2) is 9.72. The monoisotopic (exact) mass is 290 g/mol. The number of esters is 2. The van der Waals surface area contributed by atoms with Crippen molar-refractivity contribution in [2.24, 2.45) is 0 Å². The Balaban J connectivity index is 4.40. The lowest BCUT2D eigenvalue weighted by atomic mass is 10.2. The predicted molar refractivity (Wildman–Crippen MR) is 75.1 cm³/mol. The predicted octanol–water partition coefficient (Wildman–Crippen LogP) is 0.984. The van der Waals surface area contributed by atoms with Crippen LogP contribution in [0.5, 0.6) is 0 Å². The van der Waals surface area contributed by atoms with E-state index in [9.17, 15) is 9.59 Å². The van der Waals surface area contributed by atoms with E-state index in [1.807, 2.05) is 28.1 Å². The van der Waals surface area contributed by atoms with Crippen molar-refractivity contribution in [3.8, 4) is 0 Å². The van der Waals surface area contributed by atoms with Crippen LogP contribution >= 0.6 is 0 Å². The molecule has 0 aromatic heterocycles. The van der Waals surface area contributed by atoms with Crippen LogP contribution < -0.4 is 0 Å². The number of hydrogen-bond donors (Lipinski definition) is 0. The highest BCUT2D eigenvalue weighted by atomic mass is 16.6. The lowest BCUT2D eigenvalue weighted by molar-refractivity contribution is -0.873. The average molecular weight is 290 g/mol. The van der Waals surface area contributed by atoms with Gasteiger partial charge in [0.25, 0.3) is 0 Å². The van der Waals surface area contributed by atoms with E-state index in [0.29, 0.717) is 24.2 Å². The van der Waals surface area contributed by atoms with Crippen molar-refractivity contribution in [3.05, 3.63) is 0 Å². The Bertz CT molecular complexity index is 276. The van der Waals surface area contributed by atoms with Gasteiger partial charge in [0.15, 0.2) is 6.10 Å². The Morgan fingerprint density at radius 3 is 2.25 bits per heavy atom. The maximum absolute atomic E-state index is 11.6. The summed E-state index contributed by atoms with van der Waals surface area (Å²) in [6.45, 7) is 3.20. The summed E-state index contributed by atoms with van der Waals surface area (Å²) in [5, 5.41) is 0. The van der Waals surface area contributed by atoms with Gasteiger partial charge in [-0.2, -0.15) is 0 Å². The molecule has 0 aliphatic heterocycles. The van der Waals surface area contributed by atoms with Crippen molar-refractivity contribution in [2.45, 2.75) is 32.3 Å². The summed E-state index contributed by atoms with van der Waals surface area (Å²) in [6.07, 6.45) is 0.589. The van der Waals surface area contributed by atoms with Gasteiger partial charge in [-0.05, 0) is 6.42 Å². The molecule has 0 fully saturated rings. The molecular formula is C14H28NO5+. The first-order valence-electron chi connectivity index (χ1n) is 6.93. The highest BCUT2D eigenvalue weighted by molar-refractivity contribution is 5.72. The zero-order valence-corrected chi connectivity index (χ0v) is 13.3. The van der Waals surface area contributed by atoms with E-state index in [-0.39, 0.29) is 24.8 Å². The van der Waals surface area contributed by atoms with Crippen molar-refractivity contribution < 1.29 is 28.3 Å². The first-order valence-corrected chi connectivity index (χ1v) is 6.93. The normalized spacial score (nSPS) is 12.8. The maximum Gasteiger partial charge on any atom is 0.309 e. The minimum absolute atomic E-state index is 0.0915. The van der Waals surface area contributed by atoms with E-state index >= 15 is 0 Å². The second-order valence-electron chi connectivity index (χ2n) is 5.75. The number of ether oxygens (including phenoxy) is 3. The molecule has 0 aliphatic rings. The van der Waals surface area contributed by atoms with Gasteiger partial charge in [-0.15, -0.1) is 0 Å². The summed E-state index contributed by atoms with van der Waals surface area (Å²) in [5.41, 5.74) is 0. The van der Waals surface area contributed by atoms with Crippen molar-refractivity contribution in [2.75, 3.05) is 48.0 Å². The van der Waals surface area contributed by atoms with Gasteiger partial charge in [0.2, 0.25) is 0 Å². The van der Waals surface area contributed by atoms with Crippen LogP contribution in [0.1, 0.15) is 26.2 Å². The maximum atomic E-state index is 11.6. The molecule has 0 radical (unpaired) electrons. The van der Waals surface area contributed by atoms with Crippen LogP contribution in [0.25, 0.3) is 0 Å². The molecule has 0 aromatic rings. The number of likely N-dealkylation sites (N-methyl/N-ethyl adjacent to an activating group) is 1. The summed E-state index contributed by atoms with van der Waals surface area (Å²) in [5.74, 6) is -0.682. The van der Waals surface area contributed by atoms with E-state index in [2.05, 4.69) is 0 Å². The lowest BCUT2D eigenvalue weighted by Crippen LogP contribution is -2.44. The minimum atomic E-state index is -0.469. The van der Waals surface area contributed by atoms with Gasteiger partial charge in [0, 0.05) is 7.11 Å². The molecule has 0 bridgehead atoms. The third-order valence-corrected chi connectivity index (χ3v) is 2.42. The fraction of sp³-hybridized carbons (Fsp3) is 0.857. The number of rotatable bonds is 10. The zero-order valence-electron chi connectivity index (χ0n) is 13.3. The Morgan fingerprint density at radius 2 is 1.75 bits per heavy atom. The third kappa shape index (κ3) is 10.8. The lowest BCUT2D eigenvalue weighted by Gasteiger charge is -2.28. The molecule has 0 saturated heterocycles. The molecule has 0 heterocycles. The Kier molecular flexibility index (Phi) is 9.16. The van der Waals surface area contributed by atoms with Gasteiger partial charge in [-0.25, -0.2) is 0 Å². The van der Waals surface area contributed by atoms with E-state index in [0.717, 1.165) is 6.42 Å². The molecule has 0 aromatic carbocycles. The Morgan fingerprint density at radius 1 is 1.10 bits per heavy atom. The summed E-state index contributed by atoms with van der Waals surface area (Å²) < 4.78 is 15.8. The number of nitrogens with zero attached hydrogens (tertiary/aromatic N) is 1. The van der Waals surface area contributed by atoms with Gasteiger partial charge in [0.05, 0.1) is 47.2 Å². The first-order chi connectivity index (χ1) is 9.28. The largest absolute Gasteiger partial charge is 0.466 e. The molecule has 0 spiro atoms. The Hall–Kier alpha value is -1.14. The van der Waals surface area contributed by atoms with Gasteiger partial charge in [-0.1, -0.05) is 6.92 Å². The van der Waals surface area contributed by atoms with E-state index in [4.69, 9.17) is 14.2 Å². The van der Waals surface area contributed by atoms with Crippen LogP contribution in [0.3, 0.4) is 0 Å². The standard InChI is InChI=1S/C14H28NO5/c1-6-8-19-14(17)10-12(11-15(2,3)4)20-13(16)7-9-18-5/h12H,6-11H2,1-5H3/q+1/t12-/m1/s1. The molecule has 118 valence electrons. The van der Waals surface area contributed by atoms with Gasteiger partial charge in [0.1, 0.15) is 6.54 Å². The summed E-state index contributed by atoms with van der Waals surface area (Å²) in [4.78, 5) is 23.3. The highest BCUT2D eigenvalue weighted by Crippen LogP contribution is 2.08. The fourth-order valence-electron chi connectivity index (χ4n) is 1.65. The molecule has 6 nitrogen and oxygen atoms in total. The topological polar surface area (TPSA) is 61.8 Å². The van der Waals surface area contributed by atoms with Gasteiger partial charge in [-0.3, -0.25) is 9.59 Å². The highest BCUT2D eigenvalue weighted by Gasteiger charge is 2.25. The van der Waals surface area contributed by atoms with E-state index in [1.54, 1.807) is 0 Å². The fourth-order valence-corrected chi connectivity index (χ4v) is 1.65. The van der Waals surface area contributed by atoms with Crippen LogP contribution in [0, 0.1) is 0 Å². The SMILES string of the molecule is CCCOC(=O)C[C@H](C[N+](C)(C)C)OC(=O)CCOC. The molecule has 1 atom stereocenters. The number of carbonyl (C=O) groups is 2. The average Bonchev–Trinajstić information content (AvgIpc) is 2.31. The number of quaternary nitrogens is 1. The Labute approximate surface area is 121 Å². The van der Waals surface area contributed by atoms with Crippen LogP contribution in [-0.4, -0.2) is 70.5 Å². The molecule has 0 N–H and O–H groups in total. The molecule has 20 heavy (non-hydrogen) atoms. The molecule has 0 amide bonds. The molecule has 0 saturated carbocycles. The van der Waals surface area contributed by atoms with Crippen molar-refractivity contribution in [3.63, 3.8) is 0 Å². The van der Waals surface area contributed by atoms with Gasteiger partial charge >= 0.3 is 11.9 Å². The molecule has 6 heteroatoms. The second-order valence-corrected chi connectivity index (χ2v) is 5.75. The van der Waals surface area contributed by atoms with E-state index in [1.165, 1.54) is 7.11 Å². The van der Waals surface area contributed by atoms with E-state index < -0.39 is 6.10 Å². The minimum Gasteiger partial charge on any atom is -0.466 e. The van der Waals surface area contributed by atoms with Crippen LogP contribution in [0.4, 0.5) is 0 Å².